The highest BCUT2D eigenvalue weighted by molar-refractivity contribution is 5.47. The van der Waals surface area contributed by atoms with Crippen LogP contribution in [0.15, 0.2) is 24.3 Å². The van der Waals surface area contributed by atoms with Crippen LogP contribution >= 0.6 is 0 Å². The maximum atomic E-state index is 12.6. The Morgan fingerprint density at radius 1 is 1.33 bits per heavy atom. The highest BCUT2D eigenvalue weighted by Gasteiger charge is 2.31. The molecule has 1 unspecified atom stereocenters. The van der Waals surface area contributed by atoms with Crippen molar-refractivity contribution in [2.24, 2.45) is 0 Å². The van der Waals surface area contributed by atoms with E-state index in [1.165, 1.54) is 12.1 Å². The van der Waals surface area contributed by atoms with Gasteiger partial charge in [0, 0.05) is 19.0 Å². The van der Waals surface area contributed by atoms with Crippen LogP contribution in [0.2, 0.25) is 0 Å². The fourth-order valence-electron chi connectivity index (χ4n) is 2.34. The number of hydrogen-bond acceptors (Lipinski definition) is 1. The molecule has 0 aliphatic carbocycles. The van der Waals surface area contributed by atoms with Crippen LogP contribution in [0, 0.1) is 0 Å². The third kappa shape index (κ3) is 2.83. The number of benzene rings is 1. The Morgan fingerprint density at radius 3 is 2.78 bits per heavy atom. The number of rotatable bonds is 2. The second-order valence-electron chi connectivity index (χ2n) is 4.56. The molecule has 0 saturated carbocycles. The Morgan fingerprint density at radius 2 is 2.11 bits per heavy atom. The molecule has 5 heteroatoms. The van der Waals surface area contributed by atoms with Gasteiger partial charge >= 0.3 is 6.18 Å². The predicted octanol–water partition coefficient (Wildman–Crippen LogP) is 3.04. The largest absolute Gasteiger partial charge is 0.416 e. The molecular weight excluding hydrogens is 243 g/mol. The van der Waals surface area contributed by atoms with Gasteiger partial charge in [0.15, 0.2) is 0 Å². The number of carbonyl (C=O) groups excluding carboxylic acids is 1. The zero-order valence-electron chi connectivity index (χ0n) is 9.78. The lowest BCUT2D eigenvalue weighted by molar-refractivity contribution is -0.137. The summed E-state index contributed by atoms with van der Waals surface area (Å²) in [7, 11) is 0. The van der Waals surface area contributed by atoms with Crippen LogP contribution in [0.4, 0.5) is 13.2 Å². The number of carbonyl (C=O) groups is 1. The Labute approximate surface area is 103 Å². The van der Waals surface area contributed by atoms with Crippen LogP contribution in [0.3, 0.4) is 0 Å². The van der Waals surface area contributed by atoms with E-state index in [1.54, 1.807) is 11.0 Å². The molecule has 1 aliphatic rings. The summed E-state index contributed by atoms with van der Waals surface area (Å²) in [6, 6.07) is 5.40. The molecule has 0 bridgehead atoms. The zero-order chi connectivity index (χ0) is 13.2. The summed E-state index contributed by atoms with van der Waals surface area (Å²) in [4.78, 5) is 12.3. The van der Waals surface area contributed by atoms with Crippen LogP contribution in [-0.4, -0.2) is 24.4 Å². The normalized spacial score (nSPS) is 20.8. The van der Waals surface area contributed by atoms with Crippen LogP contribution < -0.4 is 0 Å². The van der Waals surface area contributed by atoms with Crippen molar-refractivity contribution in [3.05, 3.63) is 35.4 Å². The summed E-state index contributed by atoms with van der Waals surface area (Å²) in [5.41, 5.74) is 0.0413. The molecule has 1 amide bonds. The predicted molar refractivity (Wildman–Crippen MR) is 61.1 cm³/mol. The first kappa shape index (κ1) is 12.9. The Kier molecular flexibility index (Phi) is 3.59. The molecule has 98 valence electrons. The molecule has 2 nitrogen and oxygen atoms in total. The van der Waals surface area contributed by atoms with Gasteiger partial charge in [-0.2, -0.15) is 13.2 Å². The van der Waals surface area contributed by atoms with Crippen molar-refractivity contribution in [1.29, 1.82) is 0 Å². The van der Waals surface area contributed by atoms with Crippen molar-refractivity contribution >= 4 is 6.41 Å². The Bertz CT molecular complexity index is 430. The van der Waals surface area contributed by atoms with Crippen molar-refractivity contribution in [2.45, 2.75) is 24.9 Å². The first-order chi connectivity index (χ1) is 8.50. The first-order valence-corrected chi connectivity index (χ1v) is 5.87. The van der Waals surface area contributed by atoms with Gasteiger partial charge in [-0.1, -0.05) is 18.2 Å². The van der Waals surface area contributed by atoms with E-state index in [0.29, 0.717) is 18.7 Å². The molecule has 0 N–H and O–H groups in total. The van der Waals surface area contributed by atoms with Gasteiger partial charge in [0.2, 0.25) is 6.41 Å². The number of piperidine rings is 1. The molecule has 0 radical (unpaired) electrons. The molecule has 1 aliphatic heterocycles. The average molecular weight is 257 g/mol. The van der Waals surface area contributed by atoms with E-state index in [2.05, 4.69) is 0 Å². The smallest absolute Gasteiger partial charge is 0.345 e. The monoisotopic (exact) mass is 257 g/mol. The second kappa shape index (κ2) is 5.00. The Balaban J connectivity index is 2.20. The molecule has 1 atom stereocenters. The van der Waals surface area contributed by atoms with Crippen LogP contribution in [0.1, 0.15) is 29.9 Å². The van der Waals surface area contributed by atoms with Gasteiger partial charge in [0.25, 0.3) is 0 Å². The minimum atomic E-state index is -4.31. The van der Waals surface area contributed by atoms with E-state index in [-0.39, 0.29) is 5.92 Å². The van der Waals surface area contributed by atoms with Crippen LogP contribution in [0.5, 0.6) is 0 Å². The van der Waals surface area contributed by atoms with Crippen molar-refractivity contribution in [3.63, 3.8) is 0 Å². The fraction of sp³-hybridized carbons (Fsp3) is 0.462. The van der Waals surface area contributed by atoms with Gasteiger partial charge in [0.05, 0.1) is 5.56 Å². The third-order valence-electron chi connectivity index (χ3n) is 3.29. The van der Waals surface area contributed by atoms with Crippen molar-refractivity contribution < 1.29 is 18.0 Å². The number of nitrogens with zero attached hydrogens (tertiary/aromatic N) is 1. The third-order valence-corrected chi connectivity index (χ3v) is 3.29. The van der Waals surface area contributed by atoms with E-state index < -0.39 is 11.7 Å². The summed E-state index contributed by atoms with van der Waals surface area (Å²) >= 11 is 0. The maximum absolute atomic E-state index is 12.6. The standard InChI is InChI=1S/C13H14F3NO/c14-13(15,16)12-5-1-3-10(7-12)11-4-2-6-17(8-11)9-18/h1,3,5,7,9,11H,2,4,6,8H2. The van der Waals surface area contributed by atoms with Gasteiger partial charge in [0.1, 0.15) is 0 Å². The second-order valence-corrected chi connectivity index (χ2v) is 4.56. The maximum Gasteiger partial charge on any atom is 0.416 e. The molecule has 1 fully saturated rings. The first-order valence-electron chi connectivity index (χ1n) is 5.87. The summed E-state index contributed by atoms with van der Waals surface area (Å²) in [5, 5.41) is 0. The van der Waals surface area contributed by atoms with Gasteiger partial charge in [-0.25, -0.2) is 0 Å². The summed E-state index contributed by atoms with van der Waals surface area (Å²) in [6.07, 6.45) is -1.89. The molecule has 1 saturated heterocycles. The van der Waals surface area contributed by atoms with E-state index in [9.17, 15) is 18.0 Å². The zero-order valence-corrected chi connectivity index (χ0v) is 9.78. The Hall–Kier alpha value is -1.52. The summed E-state index contributed by atoms with van der Waals surface area (Å²) < 4.78 is 37.8. The van der Waals surface area contributed by atoms with Crippen molar-refractivity contribution in [2.75, 3.05) is 13.1 Å². The van der Waals surface area contributed by atoms with E-state index >= 15 is 0 Å². The lowest BCUT2D eigenvalue weighted by atomic mass is 9.90. The van der Waals surface area contributed by atoms with E-state index in [1.807, 2.05) is 0 Å². The van der Waals surface area contributed by atoms with Crippen molar-refractivity contribution in [1.82, 2.24) is 4.90 Å². The molecule has 1 aromatic rings. The van der Waals surface area contributed by atoms with Gasteiger partial charge < -0.3 is 4.90 Å². The molecular formula is C13H14F3NO. The minimum absolute atomic E-state index is 0.00579. The van der Waals surface area contributed by atoms with Crippen LogP contribution in [-0.2, 0) is 11.0 Å². The fourth-order valence-corrected chi connectivity index (χ4v) is 2.34. The highest BCUT2D eigenvalue weighted by atomic mass is 19.4. The minimum Gasteiger partial charge on any atom is -0.345 e. The molecule has 0 spiro atoms. The molecule has 1 aromatic carbocycles. The lowest BCUT2D eigenvalue weighted by Gasteiger charge is -2.30. The van der Waals surface area contributed by atoms with Gasteiger partial charge in [-0.3, -0.25) is 4.79 Å². The SMILES string of the molecule is O=CN1CCCC(c2cccc(C(F)(F)F)c2)C1. The quantitative estimate of drug-likeness (QED) is 0.746. The van der Waals surface area contributed by atoms with Crippen LogP contribution in [0.25, 0.3) is 0 Å². The number of halogens is 3. The van der Waals surface area contributed by atoms with Gasteiger partial charge in [-0.05, 0) is 24.5 Å². The number of likely N-dealkylation sites (tertiary alicyclic amines) is 1. The number of alkyl halides is 3. The summed E-state index contributed by atoms with van der Waals surface area (Å²) in [5.74, 6) is 0.00579. The van der Waals surface area contributed by atoms with Gasteiger partial charge in [-0.15, -0.1) is 0 Å². The number of amides is 1. The molecule has 2 rings (SSSR count). The number of hydrogen-bond donors (Lipinski definition) is 0. The van der Waals surface area contributed by atoms with E-state index in [0.717, 1.165) is 25.3 Å². The highest BCUT2D eigenvalue weighted by Crippen LogP contribution is 2.33. The lowest BCUT2D eigenvalue weighted by Crippen LogP contribution is -2.33. The topological polar surface area (TPSA) is 20.3 Å². The summed E-state index contributed by atoms with van der Waals surface area (Å²) in [6.45, 7) is 1.20. The van der Waals surface area contributed by atoms with E-state index in [4.69, 9.17) is 0 Å². The molecule has 1 heterocycles. The molecule has 0 aromatic heterocycles. The molecule has 18 heavy (non-hydrogen) atoms. The van der Waals surface area contributed by atoms with Crippen molar-refractivity contribution in [3.8, 4) is 0 Å². The average Bonchev–Trinajstić information content (AvgIpc) is 2.38.